The molecule has 4 nitrogen and oxygen atoms in total. The van der Waals surface area contributed by atoms with Gasteiger partial charge >= 0.3 is 6.03 Å². The molecule has 2 atom stereocenters. The zero-order chi connectivity index (χ0) is 10.1. The molecule has 2 bridgehead atoms. The smallest absolute Gasteiger partial charge is 0.315 e. The number of hydrogen-bond donors (Lipinski definition) is 2. The first-order valence-corrected chi connectivity index (χ1v) is 5.52. The second-order valence-electron chi connectivity index (χ2n) is 4.39. The van der Waals surface area contributed by atoms with Gasteiger partial charge in [-0.3, -0.25) is 0 Å². The highest BCUT2D eigenvalue weighted by atomic mass is 16.2. The minimum Gasteiger partial charge on any atom is -0.351 e. The van der Waals surface area contributed by atoms with Gasteiger partial charge in [0.05, 0.1) is 0 Å². The van der Waals surface area contributed by atoms with Crippen molar-refractivity contribution < 1.29 is 4.79 Å². The van der Waals surface area contributed by atoms with Crippen LogP contribution in [0.5, 0.6) is 0 Å². The number of nitrogens with one attached hydrogen (secondary N) is 1. The van der Waals surface area contributed by atoms with E-state index in [1.807, 2.05) is 11.8 Å². The first kappa shape index (κ1) is 9.77. The van der Waals surface area contributed by atoms with Crippen molar-refractivity contribution in [3.8, 4) is 0 Å². The van der Waals surface area contributed by atoms with Gasteiger partial charge in [-0.15, -0.1) is 0 Å². The molecule has 2 amide bonds. The maximum absolute atomic E-state index is 11.2. The molecular formula is C10H19N3O. The largest absolute Gasteiger partial charge is 0.351 e. The molecule has 3 N–H and O–H groups in total. The molecule has 2 aliphatic rings. The average Bonchev–Trinajstić information content (AvgIpc) is 2.46. The molecule has 2 heterocycles. The Bertz CT molecular complexity index is 219. The summed E-state index contributed by atoms with van der Waals surface area (Å²) in [4.78, 5) is 13.0. The Morgan fingerprint density at radius 2 is 2.00 bits per heavy atom. The van der Waals surface area contributed by atoms with Crippen LogP contribution in [0, 0.1) is 0 Å². The molecular weight excluding hydrogens is 178 g/mol. The summed E-state index contributed by atoms with van der Waals surface area (Å²) in [7, 11) is 0. The van der Waals surface area contributed by atoms with Gasteiger partial charge < -0.3 is 16.0 Å². The maximum atomic E-state index is 11.2. The Balaban J connectivity index is 2.00. The number of hydrogen-bond acceptors (Lipinski definition) is 2. The molecule has 0 spiro atoms. The summed E-state index contributed by atoms with van der Waals surface area (Å²) in [5, 5.41) is 3.56. The SMILES string of the molecule is CCN(C(N)=O)C1CC2CCC(C1)N2. The molecule has 0 aromatic heterocycles. The highest BCUT2D eigenvalue weighted by molar-refractivity contribution is 5.72. The van der Waals surface area contributed by atoms with Gasteiger partial charge in [-0.2, -0.15) is 0 Å². The zero-order valence-corrected chi connectivity index (χ0v) is 8.70. The summed E-state index contributed by atoms with van der Waals surface area (Å²) in [5.74, 6) is 0. The van der Waals surface area contributed by atoms with Gasteiger partial charge in [0.2, 0.25) is 0 Å². The minimum absolute atomic E-state index is 0.265. The lowest BCUT2D eigenvalue weighted by molar-refractivity contribution is 0.158. The van der Waals surface area contributed by atoms with E-state index in [1.54, 1.807) is 0 Å². The van der Waals surface area contributed by atoms with Crippen molar-refractivity contribution in [2.45, 2.75) is 50.7 Å². The number of nitrogens with two attached hydrogens (primary N) is 1. The monoisotopic (exact) mass is 197 g/mol. The normalized spacial score (nSPS) is 35.6. The average molecular weight is 197 g/mol. The van der Waals surface area contributed by atoms with Crippen molar-refractivity contribution in [1.82, 2.24) is 10.2 Å². The third-order valence-corrected chi connectivity index (χ3v) is 3.51. The lowest BCUT2D eigenvalue weighted by Crippen LogP contribution is -2.51. The third kappa shape index (κ3) is 1.71. The second kappa shape index (κ2) is 3.77. The van der Waals surface area contributed by atoms with Gasteiger partial charge in [-0.25, -0.2) is 4.79 Å². The Labute approximate surface area is 84.8 Å². The van der Waals surface area contributed by atoms with Crippen molar-refractivity contribution in [1.29, 1.82) is 0 Å². The Morgan fingerprint density at radius 3 is 2.43 bits per heavy atom. The van der Waals surface area contributed by atoms with Gasteiger partial charge in [-0.1, -0.05) is 0 Å². The summed E-state index contributed by atoms with van der Waals surface area (Å²) < 4.78 is 0. The number of piperidine rings is 1. The van der Waals surface area contributed by atoms with Crippen LogP contribution in [-0.2, 0) is 0 Å². The van der Waals surface area contributed by atoms with Crippen LogP contribution in [0.15, 0.2) is 0 Å². The van der Waals surface area contributed by atoms with E-state index < -0.39 is 0 Å². The molecule has 80 valence electrons. The first-order valence-electron chi connectivity index (χ1n) is 5.52. The summed E-state index contributed by atoms with van der Waals surface area (Å²) >= 11 is 0. The molecule has 2 rings (SSSR count). The van der Waals surface area contributed by atoms with E-state index in [-0.39, 0.29) is 6.03 Å². The van der Waals surface area contributed by atoms with Crippen molar-refractivity contribution in [3.63, 3.8) is 0 Å². The van der Waals surface area contributed by atoms with E-state index in [4.69, 9.17) is 5.73 Å². The van der Waals surface area contributed by atoms with E-state index in [9.17, 15) is 4.79 Å². The van der Waals surface area contributed by atoms with Crippen molar-refractivity contribution in [3.05, 3.63) is 0 Å². The van der Waals surface area contributed by atoms with Crippen LogP contribution >= 0.6 is 0 Å². The lowest BCUT2D eigenvalue weighted by atomic mass is 9.98. The van der Waals surface area contributed by atoms with Crippen molar-refractivity contribution in [2.24, 2.45) is 5.73 Å². The summed E-state index contributed by atoms with van der Waals surface area (Å²) in [6.45, 7) is 2.73. The summed E-state index contributed by atoms with van der Waals surface area (Å²) in [6, 6.07) is 1.34. The van der Waals surface area contributed by atoms with Crippen LogP contribution in [0.2, 0.25) is 0 Å². The number of amides is 2. The van der Waals surface area contributed by atoms with E-state index in [2.05, 4.69) is 5.32 Å². The summed E-state index contributed by atoms with van der Waals surface area (Å²) in [5.41, 5.74) is 5.36. The van der Waals surface area contributed by atoms with Crippen molar-refractivity contribution >= 4 is 6.03 Å². The quantitative estimate of drug-likeness (QED) is 0.683. The van der Waals surface area contributed by atoms with E-state index in [0.29, 0.717) is 18.1 Å². The maximum Gasteiger partial charge on any atom is 0.315 e. The Kier molecular flexibility index (Phi) is 2.63. The van der Waals surface area contributed by atoms with E-state index in [0.717, 1.165) is 19.4 Å². The van der Waals surface area contributed by atoms with E-state index >= 15 is 0 Å². The lowest BCUT2D eigenvalue weighted by Gasteiger charge is -2.36. The Morgan fingerprint density at radius 1 is 1.43 bits per heavy atom. The van der Waals surface area contributed by atoms with Crippen molar-refractivity contribution in [2.75, 3.05) is 6.54 Å². The number of rotatable bonds is 2. The fourth-order valence-electron chi connectivity index (χ4n) is 2.88. The molecule has 0 radical (unpaired) electrons. The van der Waals surface area contributed by atoms with Crippen LogP contribution in [0.3, 0.4) is 0 Å². The molecule has 0 aromatic rings. The molecule has 2 aliphatic heterocycles. The molecule has 2 saturated heterocycles. The molecule has 0 aromatic carbocycles. The van der Waals surface area contributed by atoms with Crippen LogP contribution in [-0.4, -0.2) is 35.6 Å². The molecule has 2 unspecified atom stereocenters. The fraction of sp³-hybridized carbons (Fsp3) is 0.900. The first-order chi connectivity index (χ1) is 6.70. The zero-order valence-electron chi connectivity index (χ0n) is 8.70. The third-order valence-electron chi connectivity index (χ3n) is 3.51. The number of urea groups is 1. The van der Waals surface area contributed by atoms with Crippen LogP contribution in [0.4, 0.5) is 4.79 Å². The van der Waals surface area contributed by atoms with Gasteiger partial charge in [0.15, 0.2) is 0 Å². The summed E-state index contributed by atoms with van der Waals surface area (Å²) in [6.07, 6.45) is 4.68. The standard InChI is InChI=1S/C10H19N3O/c1-2-13(10(11)14)9-5-7-3-4-8(6-9)12-7/h7-9,12H,2-6H2,1H3,(H2,11,14). The van der Waals surface area contributed by atoms with Gasteiger partial charge in [0.1, 0.15) is 0 Å². The van der Waals surface area contributed by atoms with Crippen LogP contribution in [0.25, 0.3) is 0 Å². The molecule has 4 heteroatoms. The molecule has 0 aliphatic carbocycles. The fourth-order valence-corrected chi connectivity index (χ4v) is 2.88. The number of carbonyl (C=O) groups excluding carboxylic acids is 1. The van der Waals surface area contributed by atoms with Crippen LogP contribution in [0.1, 0.15) is 32.6 Å². The predicted octanol–water partition coefficient (Wildman–Crippen LogP) is 0.670. The number of nitrogens with zero attached hydrogens (tertiary/aromatic N) is 1. The highest BCUT2D eigenvalue weighted by Crippen LogP contribution is 2.29. The minimum atomic E-state index is -0.265. The number of primary amides is 1. The Hall–Kier alpha value is -0.770. The predicted molar refractivity (Wildman–Crippen MR) is 54.9 cm³/mol. The highest BCUT2D eigenvalue weighted by Gasteiger charge is 2.36. The second-order valence-corrected chi connectivity index (χ2v) is 4.39. The topological polar surface area (TPSA) is 58.4 Å². The molecule has 14 heavy (non-hydrogen) atoms. The number of fused-ring (bicyclic) bond motifs is 2. The number of carbonyl (C=O) groups is 1. The van der Waals surface area contributed by atoms with Gasteiger partial charge in [0.25, 0.3) is 0 Å². The van der Waals surface area contributed by atoms with Gasteiger partial charge in [0, 0.05) is 24.7 Å². The molecule has 0 saturated carbocycles. The molecule has 2 fully saturated rings. The van der Waals surface area contributed by atoms with Crippen LogP contribution < -0.4 is 11.1 Å². The van der Waals surface area contributed by atoms with E-state index in [1.165, 1.54) is 12.8 Å². The van der Waals surface area contributed by atoms with Gasteiger partial charge in [-0.05, 0) is 32.6 Å².